The van der Waals surface area contributed by atoms with Crippen molar-refractivity contribution in [2.75, 3.05) is 7.11 Å². The molecule has 0 aliphatic carbocycles. The lowest BCUT2D eigenvalue weighted by molar-refractivity contribution is 0.147. The summed E-state index contributed by atoms with van der Waals surface area (Å²) in [6.07, 6.45) is -0.896. The minimum absolute atomic E-state index is 0.0470. The fourth-order valence-corrected chi connectivity index (χ4v) is 2.75. The molecule has 0 bridgehead atoms. The Balaban J connectivity index is 2.39. The summed E-state index contributed by atoms with van der Waals surface area (Å²) in [5, 5.41) is 9.04. The van der Waals surface area contributed by atoms with E-state index in [2.05, 4.69) is 0 Å². The lowest BCUT2D eigenvalue weighted by Gasteiger charge is -2.13. The molecule has 1 unspecified atom stereocenters. The molecule has 108 valence electrons. The fraction of sp³-hybridized carbons (Fsp3) is 0.133. The number of benzene rings is 2. The predicted molar refractivity (Wildman–Crippen MR) is 76.1 cm³/mol. The number of hydrogen-bond acceptors (Lipinski definition) is 5. The minimum Gasteiger partial charge on any atom is -0.379 e. The maximum Gasteiger partial charge on any atom is 0.339 e. The van der Waals surface area contributed by atoms with Crippen LogP contribution in [0.25, 0.3) is 0 Å². The SMILES string of the molecule is COC(C#N)c1ccccc1OS(=O)(=O)c1ccccc1. The molecule has 5 nitrogen and oxygen atoms in total. The third-order valence-electron chi connectivity index (χ3n) is 2.79. The van der Waals surface area contributed by atoms with Crippen LogP contribution in [0.3, 0.4) is 0 Å². The van der Waals surface area contributed by atoms with Crippen LogP contribution in [0.4, 0.5) is 0 Å². The van der Waals surface area contributed by atoms with Crippen molar-refractivity contribution in [1.82, 2.24) is 0 Å². The Bertz CT molecular complexity index is 751. The van der Waals surface area contributed by atoms with Gasteiger partial charge >= 0.3 is 10.1 Å². The molecular formula is C15H13NO4S. The average molecular weight is 303 g/mol. The average Bonchev–Trinajstić information content (AvgIpc) is 2.51. The van der Waals surface area contributed by atoms with Crippen molar-refractivity contribution >= 4 is 10.1 Å². The molecule has 0 spiro atoms. The molecule has 0 saturated heterocycles. The zero-order valence-electron chi connectivity index (χ0n) is 11.3. The van der Waals surface area contributed by atoms with Gasteiger partial charge in [0, 0.05) is 12.7 Å². The highest BCUT2D eigenvalue weighted by atomic mass is 32.2. The molecule has 0 N–H and O–H groups in total. The molecule has 2 aromatic carbocycles. The third-order valence-corrected chi connectivity index (χ3v) is 4.03. The number of para-hydroxylation sites is 1. The highest BCUT2D eigenvalue weighted by Crippen LogP contribution is 2.29. The standard InChI is InChI=1S/C15H13NO4S/c1-19-15(11-16)13-9-5-6-10-14(13)20-21(17,18)12-7-3-2-4-8-12/h2-10,15H,1H3. The van der Waals surface area contributed by atoms with Gasteiger partial charge in [0.25, 0.3) is 0 Å². The molecule has 0 amide bonds. The smallest absolute Gasteiger partial charge is 0.339 e. The second kappa shape index (κ2) is 6.39. The van der Waals surface area contributed by atoms with E-state index in [4.69, 9.17) is 14.2 Å². The van der Waals surface area contributed by atoms with Crippen LogP contribution in [0, 0.1) is 11.3 Å². The molecule has 2 aromatic rings. The van der Waals surface area contributed by atoms with E-state index in [0.717, 1.165) is 0 Å². The zero-order valence-corrected chi connectivity index (χ0v) is 12.1. The fourth-order valence-electron chi connectivity index (χ4n) is 1.78. The van der Waals surface area contributed by atoms with Gasteiger partial charge in [-0.25, -0.2) is 0 Å². The van der Waals surface area contributed by atoms with Gasteiger partial charge in [0.1, 0.15) is 10.6 Å². The molecule has 0 aliphatic heterocycles. The minimum atomic E-state index is -3.95. The lowest BCUT2D eigenvalue weighted by Crippen LogP contribution is -2.12. The second-order valence-electron chi connectivity index (χ2n) is 4.13. The summed E-state index contributed by atoms with van der Waals surface area (Å²) in [6.45, 7) is 0. The van der Waals surface area contributed by atoms with Gasteiger partial charge in [0.15, 0.2) is 6.10 Å². The van der Waals surface area contributed by atoms with Gasteiger partial charge in [0.2, 0.25) is 0 Å². The van der Waals surface area contributed by atoms with Crippen molar-refractivity contribution in [3.63, 3.8) is 0 Å². The van der Waals surface area contributed by atoms with E-state index in [1.165, 1.54) is 25.3 Å². The molecule has 0 aliphatic rings. The van der Waals surface area contributed by atoms with Crippen LogP contribution in [0.1, 0.15) is 11.7 Å². The van der Waals surface area contributed by atoms with Crippen LogP contribution in [-0.2, 0) is 14.9 Å². The maximum atomic E-state index is 12.2. The number of nitriles is 1. The van der Waals surface area contributed by atoms with Crippen molar-refractivity contribution in [3.05, 3.63) is 60.2 Å². The van der Waals surface area contributed by atoms with E-state index < -0.39 is 16.2 Å². The molecule has 2 rings (SSSR count). The third kappa shape index (κ3) is 3.40. The van der Waals surface area contributed by atoms with Gasteiger partial charge in [0.05, 0.1) is 6.07 Å². The van der Waals surface area contributed by atoms with Gasteiger partial charge in [-0.3, -0.25) is 0 Å². The van der Waals surface area contributed by atoms with Crippen LogP contribution >= 0.6 is 0 Å². The van der Waals surface area contributed by atoms with E-state index >= 15 is 0 Å². The van der Waals surface area contributed by atoms with E-state index in [9.17, 15) is 8.42 Å². The highest BCUT2D eigenvalue weighted by molar-refractivity contribution is 7.87. The van der Waals surface area contributed by atoms with Crippen molar-refractivity contribution in [2.45, 2.75) is 11.0 Å². The predicted octanol–water partition coefficient (Wildman–Crippen LogP) is 2.67. The highest BCUT2D eigenvalue weighted by Gasteiger charge is 2.21. The van der Waals surface area contributed by atoms with Crippen LogP contribution in [-0.4, -0.2) is 15.5 Å². The van der Waals surface area contributed by atoms with Crippen molar-refractivity contribution in [1.29, 1.82) is 5.26 Å². The van der Waals surface area contributed by atoms with Crippen LogP contribution < -0.4 is 4.18 Å². The number of methoxy groups -OCH3 is 1. The monoisotopic (exact) mass is 303 g/mol. The van der Waals surface area contributed by atoms with E-state index in [1.54, 1.807) is 36.4 Å². The first-order chi connectivity index (χ1) is 10.1. The van der Waals surface area contributed by atoms with E-state index in [0.29, 0.717) is 5.56 Å². The zero-order chi connectivity index (χ0) is 15.3. The maximum absolute atomic E-state index is 12.2. The van der Waals surface area contributed by atoms with Crippen LogP contribution in [0.15, 0.2) is 59.5 Å². The number of nitrogens with zero attached hydrogens (tertiary/aromatic N) is 1. The van der Waals surface area contributed by atoms with Crippen LogP contribution in [0.5, 0.6) is 5.75 Å². The van der Waals surface area contributed by atoms with Crippen molar-refractivity contribution < 1.29 is 17.3 Å². The molecular weight excluding hydrogens is 290 g/mol. The molecule has 1 atom stereocenters. The summed E-state index contributed by atoms with van der Waals surface area (Å²) in [4.78, 5) is 0.0470. The Morgan fingerprint density at radius 3 is 2.29 bits per heavy atom. The Hall–Kier alpha value is -2.36. The van der Waals surface area contributed by atoms with Crippen LogP contribution in [0.2, 0.25) is 0 Å². The first-order valence-electron chi connectivity index (χ1n) is 6.09. The summed E-state index contributed by atoms with van der Waals surface area (Å²) >= 11 is 0. The molecule has 21 heavy (non-hydrogen) atoms. The quantitative estimate of drug-likeness (QED) is 0.794. The van der Waals surface area contributed by atoms with Gasteiger partial charge < -0.3 is 8.92 Å². The van der Waals surface area contributed by atoms with Crippen molar-refractivity contribution in [3.8, 4) is 11.8 Å². The lowest BCUT2D eigenvalue weighted by atomic mass is 10.1. The van der Waals surface area contributed by atoms with E-state index in [1.807, 2.05) is 6.07 Å². The summed E-state index contributed by atoms with van der Waals surface area (Å²) in [5.74, 6) is 0.0785. The first-order valence-corrected chi connectivity index (χ1v) is 7.50. The second-order valence-corrected chi connectivity index (χ2v) is 5.68. The molecule has 0 heterocycles. The summed E-state index contributed by atoms with van der Waals surface area (Å²) in [5.41, 5.74) is 0.363. The Kier molecular flexibility index (Phi) is 4.58. The largest absolute Gasteiger partial charge is 0.379 e. The number of rotatable bonds is 5. The Morgan fingerprint density at radius 1 is 1.05 bits per heavy atom. The van der Waals surface area contributed by atoms with Gasteiger partial charge in [-0.05, 0) is 18.2 Å². The molecule has 0 saturated carbocycles. The molecule has 0 aromatic heterocycles. The Labute approximate surface area is 123 Å². The number of hydrogen-bond donors (Lipinski definition) is 0. The Morgan fingerprint density at radius 2 is 1.67 bits per heavy atom. The van der Waals surface area contributed by atoms with Gasteiger partial charge in [-0.1, -0.05) is 36.4 Å². The normalized spacial score (nSPS) is 12.4. The van der Waals surface area contributed by atoms with Gasteiger partial charge in [-0.2, -0.15) is 13.7 Å². The first kappa shape index (κ1) is 15.0. The van der Waals surface area contributed by atoms with Gasteiger partial charge in [-0.15, -0.1) is 0 Å². The topological polar surface area (TPSA) is 76.4 Å². The molecule has 6 heteroatoms. The van der Waals surface area contributed by atoms with Crippen molar-refractivity contribution in [2.24, 2.45) is 0 Å². The molecule has 0 fully saturated rings. The summed E-state index contributed by atoms with van der Waals surface area (Å²) < 4.78 is 34.6. The molecule has 0 radical (unpaired) electrons. The summed E-state index contributed by atoms with van der Waals surface area (Å²) in [6, 6.07) is 16.1. The summed E-state index contributed by atoms with van der Waals surface area (Å²) in [7, 11) is -2.58. The van der Waals surface area contributed by atoms with E-state index in [-0.39, 0.29) is 10.6 Å². The number of ether oxygens (including phenoxy) is 1.